The Morgan fingerprint density at radius 1 is 1.25 bits per heavy atom. The number of nitrogens with zero attached hydrogens (tertiary/aromatic N) is 2. The number of aryl methyl sites for hydroxylation is 1. The molecule has 5 nitrogen and oxygen atoms in total. The van der Waals surface area contributed by atoms with Gasteiger partial charge < -0.3 is 5.32 Å². The van der Waals surface area contributed by atoms with Crippen molar-refractivity contribution in [3.8, 4) is 0 Å². The summed E-state index contributed by atoms with van der Waals surface area (Å²) < 4.78 is 40.1. The van der Waals surface area contributed by atoms with E-state index in [0.717, 1.165) is 27.3 Å². The van der Waals surface area contributed by atoms with Crippen molar-refractivity contribution in [2.75, 3.05) is 7.05 Å². The number of hydrogen-bond donors (Lipinski definition) is 1. The Morgan fingerprint density at radius 3 is 2.45 bits per heavy atom. The summed E-state index contributed by atoms with van der Waals surface area (Å²) >= 11 is 0. The highest BCUT2D eigenvalue weighted by molar-refractivity contribution is 5.78. The van der Waals surface area contributed by atoms with Crippen LogP contribution in [-0.2, 0) is 19.9 Å². The molecule has 1 aromatic carbocycles. The highest BCUT2D eigenvalue weighted by Crippen LogP contribution is 2.30. The van der Waals surface area contributed by atoms with Gasteiger partial charge in [-0.15, -0.1) is 0 Å². The molecule has 0 radical (unpaired) electrons. The average Bonchev–Trinajstić information content (AvgIpc) is 2.39. The van der Waals surface area contributed by atoms with E-state index in [0.29, 0.717) is 0 Å². The van der Waals surface area contributed by atoms with Crippen molar-refractivity contribution in [1.82, 2.24) is 14.5 Å². The molecule has 0 aliphatic carbocycles. The molecule has 2 rings (SSSR count). The molecule has 1 aromatic heterocycles. The van der Waals surface area contributed by atoms with Crippen LogP contribution in [0.1, 0.15) is 5.56 Å². The Hall–Kier alpha value is -2.09. The number of hydrogen-bond acceptors (Lipinski definition) is 3. The minimum absolute atomic E-state index is 0.0717. The molecular weight excluding hydrogens is 275 g/mol. The first-order chi connectivity index (χ1) is 9.27. The Morgan fingerprint density at radius 2 is 1.90 bits per heavy atom. The van der Waals surface area contributed by atoms with Gasteiger partial charge in [-0.3, -0.25) is 9.36 Å². The van der Waals surface area contributed by atoms with Gasteiger partial charge in [0.15, 0.2) is 0 Å². The summed E-state index contributed by atoms with van der Waals surface area (Å²) in [6, 6.07) is 2.75. The molecule has 8 heteroatoms. The summed E-state index contributed by atoms with van der Waals surface area (Å²) in [5, 5.41) is 2.49. The standard InChI is InChI=1S/C12H12F3N3O2/c1-16-6-18-10(19)8-5-7(12(13,14)15)3-4-9(8)17(2)11(18)20/h3-5,16H,6H2,1-2H3. The molecule has 0 unspecified atom stereocenters. The number of nitrogens with one attached hydrogen (secondary N) is 1. The van der Waals surface area contributed by atoms with Crippen LogP contribution in [0.5, 0.6) is 0 Å². The normalized spacial score (nSPS) is 12.1. The third kappa shape index (κ3) is 2.22. The lowest BCUT2D eigenvalue weighted by Crippen LogP contribution is -2.41. The second-order valence-electron chi connectivity index (χ2n) is 4.32. The van der Waals surface area contributed by atoms with Crippen LogP contribution in [-0.4, -0.2) is 16.2 Å². The van der Waals surface area contributed by atoms with E-state index in [2.05, 4.69) is 5.32 Å². The van der Waals surface area contributed by atoms with Crippen molar-refractivity contribution in [3.63, 3.8) is 0 Å². The summed E-state index contributed by atoms with van der Waals surface area (Å²) in [5.74, 6) is 0. The van der Waals surface area contributed by atoms with Gasteiger partial charge in [0.2, 0.25) is 0 Å². The van der Waals surface area contributed by atoms with Gasteiger partial charge in [-0.1, -0.05) is 0 Å². The molecule has 1 heterocycles. The molecule has 108 valence electrons. The smallest absolute Gasteiger partial charge is 0.302 e. The fraction of sp³-hybridized carbons (Fsp3) is 0.333. The second kappa shape index (κ2) is 4.78. The van der Waals surface area contributed by atoms with Gasteiger partial charge in [0.05, 0.1) is 23.1 Å². The van der Waals surface area contributed by atoms with Crippen LogP contribution < -0.4 is 16.6 Å². The second-order valence-corrected chi connectivity index (χ2v) is 4.32. The lowest BCUT2D eigenvalue weighted by molar-refractivity contribution is -0.137. The molecule has 0 fully saturated rings. The van der Waals surface area contributed by atoms with Crippen molar-refractivity contribution in [3.05, 3.63) is 44.6 Å². The highest BCUT2D eigenvalue weighted by Gasteiger charge is 2.31. The maximum absolute atomic E-state index is 12.7. The summed E-state index contributed by atoms with van der Waals surface area (Å²) in [4.78, 5) is 24.1. The molecule has 0 atom stereocenters. The van der Waals surface area contributed by atoms with E-state index in [1.165, 1.54) is 14.1 Å². The summed E-state index contributed by atoms with van der Waals surface area (Å²) in [7, 11) is 2.94. The zero-order chi connectivity index (χ0) is 15.1. The van der Waals surface area contributed by atoms with Crippen LogP contribution in [0, 0.1) is 0 Å². The van der Waals surface area contributed by atoms with Gasteiger partial charge >= 0.3 is 11.9 Å². The van der Waals surface area contributed by atoms with Crippen molar-refractivity contribution in [2.45, 2.75) is 12.8 Å². The highest BCUT2D eigenvalue weighted by atomic mass is 19.4. The van der Waals surface area contributed by atoms with E-state index < -0.39 is 23.0 Å². The van der Waals surface area contributed by atoms with Crippen molar-refractivity contribution >= 4 is 10.9 Å². The lowest BCUT2D eigenvalue weighted by atomic mass is 10.1. The summed E-state index contributed by atoms with van der Waals surface area (Å²) in [5.41, 5.74) is -2.09. The third-order valence-corrected chi connectivity index (χ3v) is 2.99. The van der Waals surface area contributed by atoms with Gasteiger partial charge in [0.25, 0.3) is 5.56 Å². The first-order valence-electron chi connectivity index (χ1n) is 5.72. The quantitative estimate of drug-likeness (QED) is 0.892. The Bertz CT molecular complexity index is 774. The molecule has 2 aromatic rings. The van der Waals surface area contributed by atoms with Crippen LogP contribution in [0.3, 0.4) is 0 Å². The predicted molar refractivity (Wildman–Crippen MR) is 67.5 cm³/mol. The van der Waals surface area contributed by atoms with E-state index in [4.69, 9.17) is 0 Å². The first kappa shape index (κ1) is 14.3. The van der Waals surface area contributed by atoms with Gasteiger partial charge in [-0.25, -0.2) is 9.36 Å². The van der Waals surface area contributed by atoms with Gasteiger partial charge in [0.1, 0.15) is 0 Å². The molecule has 0 saturated heterocycles. The summed E-state index contributed by atoms with van der Waals surface area (Å²) in [6.45, 7) is -0.0717. The minimum atomic E-state index is -4.54. The minimum Gasteiger partial charge on any atom is -0.302 e. The third-order valence-electron chi connectivity index (χ3n) is 2.99. The molecule has 20 heavy (non-hydrogen) atoms. The van der Waals surface area contributed by atoms with E-state index in [1.54, 1.807) is 0 Å². The van der Waals surface area contributed by atoms with Crippen LogP contribution >= 0.6 is 0 Å². The van der Waals surface area contributed by atoms with Gasteiger partial charge in [-0.2, -0.15) is 13.2 Å². The van der Waals surface area contributed by atoms with Gasteiger partial charge in [-0.05, 0) is 25.2 Å². The number of rotatable bonds is 2. The van der Waals surface area contributed by atoms with Crippen LogP contribution in [0.2, 0.25) is 0 Å². The SMILES string of the molecule is CNCn1c(=O)c2cc(C(F)(F)F)ccc2n(C)c1=O. The topological polar surface area (TPSA) is 56.0 Å². The van der Waals surface area contributed by atoms with Crippen molar-refractivity contribution in [1.29, 1.82) is 0 Å². The number of aromatic nitrogens is 2. The molecule has 0 saturated carbocycles. The van der Waals surface area contributed by atoms with Crippen molar-refractivity contribution in [2.24, 2.45) is 7.05 Å². The lowest BCUT2D eigenvalue weighted by Gasteiger charge is -2.12. The number of benzene rings is 1. The van der Waals surface area contributed by atoms with E-state index in [9.17, 15) is 22.8 Å². The number of alkyl halides is 3. The van der Waals surface area contributed by atoms with Gasteiger partial charge in [0, 0.05) is 7.05 Å². The zero-order valence-electron chi connectivity index (χ0n) is 10.8. The van der Waals surface area contributed by atoms with Crippen LogP contribution in [0.15, 0.2) is 27.8 Å². The Kier molecular flexibility index (Phi) is 3.43. The Labute approximate surface area is 111 Å². The molecule has 0 spiro atoms. The first-order valence-corrected chi connectivity index (χ1v) is 5.72. The molecule has 0 bridgehead atoms. The Balaban J connectivity index is 2.88. The van der Waals surface area contributed by atoms with Crippen LogP contribution in [0.4, 0.5) is 13.2 Å². The zero-order valence-corrected chi connectivity index (χ0v) is 10.8. The molecular formula is C12H12F3N3O2. The molecule has 0 aliphatic rings. The van der Waals surface area contributed by atoms with E-state index >= 15 is 0 Å². The molecule has 0 aliphatic heterocycles. The fourth-order valence-corrected chi connectivity index (χ4v) is 1.99. The van der Waals surface area contributed by atoms with Crippen molar-refractivity contribution < 1.29 is 13.2 Å². The largest absolute Gasteiger partial charge is 0.416 e. The maximum atomic E-state index is 12.7. The average molecular weight is 287 g/mol. The molecule has 1 N–H and O–H groups in total. The molecule has 0 amide bonds. The monoisotopic (exact) mass is 287 g/mol. The van der Waals surface area contributed by atoms with E-state index in [-0.39, 0.29) is 17.6 Å². The predicted octanol–water partition coefficient (Wildman–Crippen LogP) is 0.896. The number of fused-ring (bicyclic) bond motifs is 1. The fourth-order valence-electron chi connectivity index (χ4n) is 1.99. The maximum Gasteiger partial charge on any atom is 0.416 e. The number of halogens is 3. The van der Waals surface area contributed by atoms with Crippen LogP contribution in [0.25, 0.3) is 10.9 Å². The van der Waals surface area contributed by atoms with E-state index in [1.807, 2.05) is 0 Å². The summed E-state index contributed by atoms with van der Waals surface area (Å²) in [6.07, 6.45) is -4.54.